The van der Waals surface area contributed by atoms with E-state index in [4.69, 9.17) is 0 Å². The van der Waals surface area contributed by atoms with Crippen molar-refractivity contribution in [1.29, 1.82) is 0 Å². The highest BCUT2D eigenvalue weighted by molar-refractivity contribution is 5.98. The lowest BCUT2D eigenvalue weighted by atomic mass is 9.91. The molecule has 0 amide bonds. The summed E-state index contributed by atoms with van der Waals surface area (Å²) in [5.74, 6) is -3.40. The second-order valence-corrected chi connectivity index (χ2v) is 11.6. The van der Waals surface area contributed by atoms with Crippen molar-refractivity contribution in [3.8, 4) is 22.3 Å². The Morgan fingerprint density at radius 1 is 1.19 bits per heavy atom. The maximum atomic E-state index is 16.3. The number of benzene rings is 1. The molecule has 9 nitrogen and oxygen atoms in total. The summed E-state index contributed by atoms with van der Waals surface area (Å²) in [4.78, 5) is 37.7. The third kappa shape index (κ3) is 4.69. The average Bonchev–Trinajstić information content (AvgIpc) is 3.35. The van der Waals surface area contributed by atoms with Crippen LogP contribution in [0.1, 0.15) is 34.5 Å². The third-order valence-corrected chi connectivity index (χ3v) is 8.32. The molecule has 1 saturated heterocycles. The van der Waals surface area contributed by atoms with Gasteiger partial charge in [-0.3, -0.25) is 9.78 Å². The van der Waals surface area contributed by atoms with Gasteiger partial charge in [0, 0.05) is 86.2 Å². The molecule has 1 aliphatic carbocycles. The number of anilines is 2. The zero-order chi connectivity index (χ0) is 30.8. The molecule has 0 saturated carbocycles. The lowest BCUT2D eigenvalue weighted by molar-refractivity contribution is 0.0694. The largest absolute Gasteiger partial charge is 0.477 e. The van der Waals surface area contributed by atoms with Crippen LogP contribution in [0.2, 0.25) is 0 Å². The van der Waals surface area contributed by atoms with E-state index in [1.807, 2.05) is 4.90 Å². The van der Waals surface area contributed by atoms with Gasteiger partial charge in [-0.25, -0.2) is 22.9 Å². The molecule has 0 bridgehead atoms. The Bertz CT molecular complexity index is 1870. The van der Waals surface area contributed by atoms with E-state index in [1.54, 1.807) is 39.3 Å². The van der Waals surface area contributed by atoms with Gasteiger partial charge in [0.15, 0.2) is 11.6 Å². The van der Waals surface area contributed by atoms with Crippen LogP contribution >= 0.6 is 0 Å². The van der Waals surface area contributed by atoms with Crippen LogP contribution in [0, 0.1) is 11.6 Å². The highest BCUT2D eigenvalue weighted by atomic mass is 19.2. The van der Waals surface area contributed by atoms with Crippen LogP contribution in [0.3, 0.4) is 0 Å². The van der Waals surface area contributed by atoms with Crippen LogP contribution < -0.4 is 15.6 Å². The van der Waals surface area contributed by atoms with Crippen molar-refractivity contribution in [2.45, 2.75) is 24.9 Å². The van der Waals surface area contributed by atoms with Gasteiger partial charge in [0.2, 0.25) is 5.43 Å². The molecule has 1 unspecified atom stereocenters. The van der Waals surface area contributed by atoms with Crippen molar-refractivity contribution in [3.63, 3.8) is 0 Å². The number of nitrogens with zero attached hydrogens (tertiary/aromatic N) is 5. The van der Waals surface area contributed by atoms with E-state index >= 15 is 8.78 Å². The molecule has 1 fully saturated rings. The average molecular weight is 593 g/mol. The van der Waals surface area contributed by atoms with E-state index in [9.17, 15) is 19.1 Å². The summed E-state index contributed by atoms with van der Waals surface area (Å²) >= 11 is 0. The second-order valence-electron chi connectivity index (χ2n) is 11.6. The highest BCUT2D eigenvalue weighted by Crippen LogP contribution is 2.50. The number of hydrogen-bond acceptors (Lipinski definition) is 7. The van der Waals surface area contributed by atoms with Crippen LogP contribution in [-0.4, -0.2) is 77.0 Å². The van der Waals surface area contributed by atoms with E-state index in [1.165, 1.54) is 23.0 Å². The molecule has 224 valence electrons. The molecule has 3 aromatic heterocycles. The maximum Gasteiger partial charge on any atom is 0.341 e. The molecule has 1 aliphatic heterocycles. The van der Waals surface area contributed by atoms with Crippen LogP contribution in [0.5, 0.6) is 0 Å². The zero-order valence-electron chi connectivity index (χ0n) is 24.3. The Hall–Kier alpha value is -4.45. The van der Waals surface area contributed by atoms with Crippen LogP contribution in [0.25, 0.3) is 33.3 Å². The van der Waals surface area contributed by atoms with Crippen molar-refractivity contribution in [2.24, 2.45) is 7.05 Å². The number of aryl methyl sites for hydroxylation is 1. The van der Waals surface area contributed by atoms with Gasteiger partial charge in [-0.05, 0) is 38.6 Å². The van der Waals surface area contributed by atoms with Gasteiger partial charge in [0.25, 0.3) is 0 Å². The fraction of sp³-hybridized carbons (Fsp3) is 0.355. The smallest absolute Gasteiger partial charge is 0.341 e. The van der Waals surface area contributed by atoms with Crippen LogP contribution in [-0.2, 0) is 13.5 Å². The fourth-order valence-corrected chi connectivity index (χ4v) is 6.61. The van der Waals surface area contributed by atoms with Crippen molar-refractivity contribution in [1.82, 2.24) is 19.4 Å². The fourth-order valence-electron chi connectivity index (χ4n) is 6.61. The van der Waals surface area contributed by atoms with Gasteiger partial charge in [0.05, 0.1) is 23.3 Å². The number of piperidine rings is 1. The SMILES string of the molecule is CNc1cc(F)c(F)c2c1Cc1ncc(-c3cnc4c(c3)c(=O)c(C(=O)O)cn4C)c(N3CCCC(F)(CN(C)C)C3)c1-2. The number of aromatic carboxylic acids is 1. The van der Waals surface area contributed by atoms with Gasteiger partial charge in [-0.2, -0.15) is 0 Å². The summed E-state index contributed by atoms with van der Waals surface area (Å²) in [6, 6.07) is 2.65. The van der Waals surface area contributed by atoms with Crippen molar-refractivity contribution >= 4 is 28.4 Å². The Balaban J connectivity index is 1.64. The number of rotatable bonds is 6. The van der Waals surface area contributed by atoms with Gasteiger partial charge >= 0.3 is 5.97 Å². The number of nitrogens with one attached hydrogen (secondary N) is 1. The predicted molar refractivity (Wildman–Crippen MR) is 159 cm³/mol. The molecule has 12 heteroatoms. The minimum Gasteiger partial charge on any atom is -0.477 e. The van der Waals surface area contributed by atoms with E-state index in [0.717, 1.165) is 6.07 Å². The summed E-state index contributed by atoms with van der Waals surface area (Å²) < 4.78 is 48.4. The maximum absolute atomic E-state index is 16.3. The molecule has 1 atom stereocenters. The quantitative estimate of drug-likeness (QED) is 0.298. The lowest BCUT2D eigenvalue weighted by Crippen LogP contribution is -2.50. The van der Waals surface area contributed by atoms with Gasteiger partial charge in [0.1, 0.15) is 16.9 Å². The molecule has 4 aromatic rings. The first-order valence-corrected chi connectivity index (χ1v) is 13.9. The van der Waals surface area contributed by atoms with E-state index in [2.05, 4.69) is 15.3 Å². The molecule has 0 spiro atoms. The Morgan fingerprint density at radius 3 is 2.65 bits per heavy atom. The monoisotopic (exact) mass is 592 g/mol. The minimum absolute atomic E-state index is 0.00568. The lowest BCUT2D eigenvalue weighted by Gasteiger charge is -2.41. The number of alkyl halides is 1. The molecule has 6 rings (SSSR count). The topological polar surface area (TPSA) is 104 Å². The van der Waals surface area contributed by atoms with Crippen LogP contribution in [0.4, 0.5) is 24.5 Å². The molecule has 2 aliphatic rings. The standard InChI is InChI=1S/C31H31F3N6O3/c1-35-22-10-21(32)26(33)24-17(22)9-23-25(24)27(40-7-5-6-31(34,15-40)14-38(2)3)19(12-36-23)16-8-18-28(41)20(30(42)43)13-39(4)29(18)37-11-16/h8,10-13,35H,5-7,9,14-15H2,1-4H3,(H,42,43). The Morgan fingerprint density at radius 2 is 1.95 bits per heavy atom. The first-order chi connectivity index (χ1) is 20.4. The predicted octanol–water partition coefficient (Wildman–Crippen LogP) is 4.45. The Labute approximate surface area is 245 Å². The van der Waals surface area contributed by atoms with Gasteiger partial charge in [-0.1, -0.05) is 0 Å². The number of carboxylic acid groups (broad SMARTS) is 1. The molecule has 43 heavy (non-hydrogen) atoms. The van der Waals surface area contributed by atoms with Crippen molar-refractivity contribution in [3.05, 3.63) is 69.4 Å². The third-order valence-electron chi connectivity index (χ3n) is 8.32. The number of hydrogen-bond donors (Lipinski definition) is 2. The molecular formula is C31H31F3N6O3. The molecule has 1 aromatic carbocycles. The summed E-state index contributed by atoms with van der Waals surface area (Å²) in [6.45, 7) is 0.645. The minimum atomic E-state index is -1.57. The number of pyridine rings is 3. The summed E-state index contributed by atoms with van der Waals surface area (Å²) in [6.07, 6.45) is 5.45. The molecule has 0 radical (unpaired) electrons. The number of halogens is 3. The second kappa shape index (κ2) is 10.4. The Kier molecular flexibility index (Phi) is 6.91. The number of carboxylic acids is 1. The molecule has 4 heterocycles. The van der Waals surface area contributed by atoms with E-state index < -0.39 is 34.3 Å². The van der Waals surface area contributed by atoms with E-state index in [-0.39, 0.29) is 36.1 Å². The first kappa shape index (κ1) is 28.7. The number of aromatic nitrogens is 3. The van der Waals surface area contributed by atoms with Crippen molar-refractivity contribution < 1.29 is 23.1 Å². The zero-order valence-corrected chi connectivity index (χ0v) is 24.3. The molecular weight excluding hydrogens is 561 g/mol. The van der Waals surface area contributed by atoms with Crippen molar-refractivity contribution in [2.75, 3.05) is 51.0 Å². The van der Waals surface area contributed by atoms with Crippen LogP contribution in [0.15, 0.2) is 35.5 Å². The first-order valence-electron chi connectivity index (χ1n) is 13.9. The number of fused-ring (bicyclic) bond motifs is 4. The van der Waals surface area contributed by atoms with Gasteiger partial charge < -0.3 is 24.8 Å². The highest BCUT2D eigenvalue weighted by Gasteiger charge is 2.40. The normalized spacial score (nSPS) is 17.8. The van der Waals surface area contributed by atoms with E-state index in [0.29, 0.717) is 58.7 Å². The molecule has 2 N–H and O–H groups in total. The summed E-state index contributed by atoms with van der Waals surface area (Å²) in [5, 5.41) is 12.6. The summed E-state index contributed by atoms with van der Waals surface area (Å²) in [5.41, 5.74) is 0.901. The summed E-state index contributed by atoms with van der Waals surface area (Å²) in [7, 11) is 6.83. The number of carbonyl (C=O) groups is 1. The van der Waals surface area contributed by atoms with Gasteiger partial charge in [-0.15, -0.1) is 0 Å².